The van der Waals surface area contributed by atoms with E-state index >= 15 is 0 Å². The molecule has 274 valence electrons. The Labute approximate surface area is 307 Å². The van der Waals surface area contributed by atoms with Gasteiger partial charge >= 0.3 is 5.97 Å². The second kappa shape index (κ2) is 15.6. The van der Waals surface area contributed by atoms with Gasteiger partial charge in [-0.2, -0.15) is 0 Å². The lowest BCUT2D eigenvalue weighted by Gasteiger charge is -2.55. The summed E-state index contributed by atoms with van der Waals surface area (Å²) in [5.74, 6) is 3.86. The maximum atomic E-state index is 13.0. The smallest absolute Gasteiger partial charge is 0.331 e. The van der Waals surface area contributed by atoms with Crippen molar-refractivity contribution in [3.05, 3.63) is 94.2 Å². The number of allylic oxidation sites excluding steroid dienone is 14. The van der Waals surface area contributed by atoms with Gasteiger partial charge in [0.05, 0.1) is 0 Å². The first kappa shape index (κ1) is 38.6. The molecule has 0 heterocycles. The Morgan fingerprint density at radius 2 is 1.64 bits per heavy atom. The molecule has 0 aromatic carbocycles. The summed E-state index contributed by atoms with van der Waals surface area (Å²) in [4.78, 5) is 13.0. The molecule has 5 aliphatic carbocycles. The topological polar surface area (TPSA) is 26.3 Å². The van der Waals surface area contributed by atoms with Gasteiger partial charge in [0, 0.05) is 12.5 Å². The van der Waals surface area contributed by atoms with Crippen LogP contribution in [0.4, 0.5) is 0 Å². The van der Waals surface area contributed by atoms with E-state index in [0.717, 1.165) is 30.8 Å². The Bertz CT molecular complexity index is 1520. The van der Waals surface area contributed by atoms with Crippen molar-refractivity contribution in [1.82, 2.24) is 0 Å². The highest BCUT2D eigenvalue weighted by atomic mass is 16.5. The number of hydrogen-bond donors (Lipinski definition) is 0. The third-order valence-corrected chi connectivity index (χ3v) is 14.4. The Balaban J connectivity index is 1.18. The average molecular weight is 679 g/mol. The van der Waals surface area contributed by atoms with E-state index in [9.17, 15) is 4.79 Å². The molecule has 50 heavy (non-hydrogen) atoms. The highest BCUT2D eigenvalue weighted by molar-refractivity contribution is 5.83. The summed E-state index contributed by atoms with van der Waals surface area (Å²) >= 11 is 0. The summed E-state index contributed by atoms with van der Waals surface area (Å²) in [6.07, 6.45) is 34.3. The van der Waals surface area contributed by atoms with E-state index in [1.165, 1.54) is 67.2 Å². The predicted molar refractivity (Wildman–Crippen MR) is 213 cm³/mol. The lowest BCUT2D eigenvalue weighted by molar-refractivity contribution is -0.144. The van der Waals surface area contributed by atoms with Crippen LogP contribution in [0.25, 0.3) is 0 Å². The van der Waals surface area contributed by atoms with Gasteiger partial charge in [0.1, 0.15) is 6.10 Å². The Kier molecular flexibility index (Phi) is 12.0. The number of carbonyl (C=O) groups excluding carboxylic acids is 1. The Hall–Kier alpha value is -2.61. The molecule has 0 amide bonds. The first-order valence-electron chi connectivity index (χ1n) is 20.3. The lowest BCUT2D eigenvalue weighted by Crippen LogP contribution is -2.46. The van der Waals surface area contributed by atoms with E-state index in [2.05, 4.69) is 112 Å². The van der Waals surface area contributed by atoms with Gasteiger partial charge in [0.25, 0.3) is 0 Å². The molecule has 0 aliphatic heterocycles. The van der Waals surface area contributed by atoms with Crippen molar-refractivity contribution in [3.8, 4) is 0 Å². The molecule has 0 N–H and O–H groups in total. The molecule has 3 fully saturated rings. The zero-order valence-corrected chi connectivity index (χ0v) is 33.7. The highest BCUT2D eigenvalue weighted by Crippen LogP contribution is 2.66. The summed E-state index contributed by atoms with van der Waals surface area (Å²) in [5.41, 5.74) is 9.21. The summed E-state index contributed by atoms with van der Waals surface area (Å²) in [7, 11) is 0. The summed E-state index contributed by atoms with van der Waals surface area (Å²) in [6.45, 7) is 25.8. The molecule has 0 aromatic rings. The van der Waals surface area contributed by atoms with Crippen LogP contribution in [-0.4, -0.2) is 12.1 Å². The summed E-state index contributed by atoms with van der Waals surface area (Å²) < 4.78 is 6.09. The molecule has 3 saturated carbocycles. The number of esters is 1. The third kappa shape index (κ3) is 8.21. The van der Waals surface area contributed by atoms with Gasteiger partial charge < -0.3 is 4.74 Å². The summed E-state index contributed by atoms with van der Waals surface area (Å²) in [5, 5.41) is 0. The molecular weight excluding hydrogens is 609 g/mol. The number of fused-ring (bicyclic) bond motifs is 5. The average Bonchev–Trinajstić information content (AvgIpc) is 3.40. The van der Waals surface area contributed by atoms with E-state index < -0.39 is 0 Å². The van der Waals surface area contributed by atoms with Gasteiger partial charge in [-0.3, -0.25) is 0 Å². The van der Waals surface area contributed by atoms with Crippen molar-refractivity contribution in [2.24, 2.45) is 51.8 Å². The summed E-state index contributed by atoms with van der Waals surface area (Å²) in [6, 6.07) is 0. The first-order chi connectivity index (χ1) is 23.5. The van der Waals surface area contributed by atoms with Crippen molar-refractivity contribution < 1.29 is 9.53 Å². The molecule has 0 bridgehead atoms. The number of rotatable bonds is 10. The van der Waals surface area contributed by atoms with E-state index in [0.29, 0.717) is 35.0 Å². The largest absolute Gasteiger partial charge is 0.459 e. The lowest BCUT2D eigenvalue weighted by atomic mass is 9.50. The minimum absolute atomic E-state index is 0.0375. The van der Waals surface area contributed by atoms with Crippen molar-refractivity contribution in [2.45, 2.75) is 146 Å². The second-order valence-corrected chi connectivity index (χ2v) is 18.7. The van der Waals surface area contributed by atoms with Crippen LogP contribution < -0.4 is 0 Å². The molecule has 0 radical (unpaired) electrons. The van der Waals surface area contributed by atoms with Crippen LogP contribution in [0.3, 0.4) is 0 Å². The Morgan fingerprint density at radius 1 is 0.880 bits per heavy atom. The number of hydrogen-bond acceptors (Lipinski definition) is 2. The van der Waals surface area contributed by atoms with Crippen LogP contribution >= 0.6 is 0 Å². The molecule has 0 saturated heterocycles. The van der Waals surface area contributed by atoms with Crippen molar-refractivity contribution in [2.75, 3.05) is 0 Å². The fourth-order valence-corrected chi connectivity index (χ4v) is 10.7. The molecule has 0 spiro atoms. The van der Waals surface area contributed by atoms with Gasteiger partial charge in [-0.05, 0) is 141 Å². The molecular formula is C48H70O2. The van der Waals surface area contributed by atoms with Crippen LogP contribution in [0, 0.1) is 51.8 Å². The zero-order chi connectivity index (χ0) is 36.4. The van der Waals surface area contributed by atoms with Gasteiger partial charge in [-0.25, -0.2) is 4.79 Å². The van der Waals surface area contributed by atoms with Crippen LogP contribution in [0.2, 0.25) is 0 Å². The minimum Gasteiger partial charge on any atom is -0.459 e. The van der Waals surface area contributed by atoms with Crippen LogP contribution in [0.15, 0.2) is 94.2 Å². The second-order valence-electron chi connectivity index (χ2n) is 18.7. The van der Waals surface area contributed by atoms with Crippen molar-refractivity contribution in [3.63, 3.8) is 0 Å². The van der Waals surface area contributed by atoms with Gasteiger partial charge in [0.15, 0.2) is 0 Å². The van der Waals surface area contributed by atoms with E-state index in [1.807, 2.05) is 19.1 Å². The molecule has 2 nitrogen and oxygen atoms in total. The Morgan fingerprint density at radius 3 is 2.36 bits per heavy atom. The minimum atomic E-state index is -0.215. The normalized spacial score (nSPS) is 34.5. The molecule has 1 unspecified atom stereocenters. The molecule has 5 rings (SSSR count). The molecule has 5 aliphatic rings. The maximum absolute atomic E-state index is 13.0. The van der Waals surface area contributed by atoms with E-state index in [-0.39, 0.29) is 22.9 Å². The van der Waals surface area contributed by atoms with Gasteiger partial charge in [0.2, 0.25) is 0 Å². The maximum Gasteiger partial charge on any atom is 0.331 e. The van der Waals surface area contributed by atoms with Gasteiger partial charge in [-0.1, -0.05) is 132 Å². The number of carbonyl (C=O) groups is 1. The monoisotopic (exact) mass is 679 g/mol. The fourth-order valence-electron chi connectivity index (χ4n) is 10.7. The van der Waals surface area contributed by atoms with Crippen molar-refractivity contribution >= 4 is 5.97 Å². The molecule has 2 heteroatoms. The van der Waals surface area contributed by atoms with Gasteiger partial charge in [-0.15, -0.1) is 0 Å². The van der Waals surface area contributed by atoms with Crippen LogP contribution in [0.5, 0.6) is 0 Å². The standard InChI is InChI=1S/C48H70O2/c1-32(2)35(5)18-19-37(7)42-23-24-43-40-21-20-38-31-39(25-28-47(38,10)44(40)26-29-48(42,43)11)50-45(49)30-34(4)15-12-14-33(3)17-22-41-36(6)16-13-27-46(41,8)9/h12,14-15,17-22,30,32,35,37,39,42-44H,13,16,23-29,31H2,1-11H3/t35-,37+,39?,42+,43-,44-,47-,48+/m0/s1. The first-order valence-corrected chi connectivity index (χ1v) is 20.3. The SMILES string of the molecule is CC(C=CC1=C(C)CCCC1(C)C)=CC=CC(C)=CC(=O)OC1CC[C@@]2(C)C(=CC=C3[C@@H]4CC[C@H]([C@H](C)C=C[C@H](C)C(C)C)[C@@]4(C)CC[C@@H]32)C1. The fraction of sp³-hybridized carbons (Fsp3) is 0.646. The third-order valence-electron chi connectivity index (χ3n) is 14.4. The molecule has 0 aromatic heterocycles. The highest BCUT2D eigenvalue weighted by Gasteiger charge is 2.57. The quantitative estimate of drug-likeness (QED) is 0.0995. The van der Waals surface area contributed by atoms with Crippen LogP contribution in [0.1, 0.15) is 140 Å². The number of ether oxygens (including phenoxy) is 1. The van der Waals surface area contributed by atoms with E-state index in [1.54, 1.807) is 11.6 Å². The predicted octanol–water partition coefficient (Wildman–Crippen LogP) is 13.4. The van der Waals surface area contributed by atoms with Crippen LogP contribution in [-0.2, 0) is 9.53 Å². The zero-order valence-electron chi connectivity index (χ0n) is 33.7. The van der Waals surface area contributed by atoms with E-state index in [4.69, 9.17) is 4.74 Å². The van der Waals surface area contributed by atoms with Crippen molar-refractivity contribution in [1.29, 1.82) is 0 Å². The molecule has 8 atom stereocenters.